The number of aryl methyl sites for hydroxylation is 1. The zero-order valence-electron chi connectivity index (χ0n) is 13.4. The Hall–Kier alpha value is -1.64. The lowest BCUT2D eigenvalue weighted by Crippen LogP contribution is -2.38. The van der Waals surface area contributed by atoms with E-state index in [2.05, 4.69) is 44.9 Å². The summed E-state index contributed by atoms with van der Waals surface area (Å²) in [7, 11) is 3.71. The summed E-state index contributed by atoms with van der Waals surface area (Å²) >= 11 is 0. The fourth-order valence-electron chi connectivity index (χ4n) is 1.99. The van der Waals surface area contributed by atoms with E-state index in [1.807, 2.05) is 36.7 Å². The Morgan fingerprint density at radius 3 is 2.50 bits per heavy atom. The average molecular weight is 414 g/mol. The van der Waals surface area contributed by atoms with E-state index in [0.717, 1.165) is 17.6 Å². The molecule has 2 N–H and O–H groups in total. The molecular weight excluding hydrogens is 391 g/mol. The molecule has 2 rings (SSSR count). The largest absolute Gasteiger partial charge is 0.350 e. The van der Waals surface area contributed by atoms with Crippen LogP contribution in [0.3, 0.4) is 0 Å². The maximum Gasteiger partial charge on any atom is 0.191 e. The molecule has 1 atom stereocenters. The van der Waals surface area contributed by atoms with Gasteiger partial charge in [-0.2, -0.15) is 0 Å². The third-order valence-corrected chi connectivity index (χ3v) is 3.47. The summed E-state index contributed by atoms with van der Waals surface area (Å²) in [6.45, 7) is 4.62. The third kappa shape index (κ3) is 4.69. The molecule has 0 radical (unpaired) electrons. The zero-order chi connectivity index (χ0) is 15.2. The number of hydrogen-bond donors (Lipinski definition) is 2. The van der Waals surface area contributed by atoms with Gasteiger partial charge in [-0.05, 0) is 19.4 Å². The van der Waals surface area contributed by atoms with Gasteiger partial charge in [0.25, 0.3) is 0 Å². The van der Waals surface area contributed by atoms with Crippen LogP contribution in [0.15, 0.2) is 35.3 Å². The molecule has 0 saturated heterocycles. The van der Waals surface area contributed by atoms with Crippen molar-refractivity contribution < 1.29 is 0 Å². The Balaban J connectivity index is 0.00000242. The minimum atomic E-state index is 0. The Labute approximate surface area is 148 Å². The quantitative estimate of drug-likeness (QED) is 0.457. The van der Waals surface area contributed by atoms with Crippen molar-refractivity contribution in [3.8, 4) is 0 Å². The summed E-state index contributed by atoms with van der Waals surface area (Å²) in [4.78, 5) is 4.24. The van der Waals surface area contributed by atoms with Crippen molar-refractivity contribution in [3.05, 3.63) is 47.5 Å². The second kappa shape index (κ2) is 8.72. The van der Waals surface area contributed by atoms with Gasteiger partial charge < -0.3 is 15.2 Å². The highest BCUT2D eigenvalue weighted by Gasteiger charge is 2.09. The molecule has 0 aliphatic heterocycles. The number of aromatic nitrogens is 3. The highest BCUT2D eigenvalue weighted by Crippen LogP contribution is 2.10. The van der Waals surface area contributed by atoms with Crippen LogP contribution in [0.25, 0.3) is 0 Å². The van der Waals surface area contributed by atoms with Gasteiger partial charge >= 0.3 is 0 Å². The molecule has 0 fully saturated rings. The van der Waals surface area contributed by atoms with E-state index in [-0.39, 0.29) is 30.0 Å². The minimum absolute atomic E-state index is 0. The molecule has 0 spiro atoms. The first-order chi connectivity index (χ1) is 10.1. The molecule has 0 aliphatic carbocycles. The van der Waals surface area contributed by atoms with Crippen molar-refractivity contribution in [2.75, 3.05) is 7.05 Å². The van der Waals surface area contributed by atoms with E-state index in [1.54, 1.807) is 7.05 Å². The van der Waals surface area contributed by atoms with E-state index in [9.17, 15) is 0 Å². The van der Waals surface area contributed by atoms with Crippen LogP contribution in [0.2, 0.25) is 0 Å². The maximum absolute atomic E-state index is 4.24. The molecule has 1 aromatic carbocycles. The standard InChI is InChI=1S/C15H22N6.HI/c1-11(13-8-6-5-7-9-13)18-15(16-3)17-10-14-20-19-12(2)21(14)4;/h5-9,11H,10H2,1-4H3,(H2,16,17,18);1H. The average Bonchev–Trinajstić information content (AvgIpc) is 2.83. The Morgan fingerprint density at radius 2 is 1.95 bits per heavy atom. The van der Waals surface area contributed by atoms with Gasteiger partial charge in [-0.15, -0.1) is 34.2 Å². The summed E-state index contributed by atoms with van der Waals surface area (Å²) in [5.41, 5.74) is 1.22. The summed E-state index contributed by atoms with van der Waals surface area (Å²) < 4.78 is 1.96. The first-order valence-electron chi connectivity index (χ1n) is 6.98. The lowest BCUT2D eigenvalue weighted by atomic mass is 10.1. The maximum atomic E-state index is 4.24. The molecule has 2 aromatic rings. The number of guanidine groups is 1. The fourth-order valence-corrected chi connectivity index (χ4v) is 1.99. The van der Waals surface area contributed by atoms with Gasteiger partial charge in [-0.3, -0.25) is 4.99 Å². The molecule has 1 aromatic heterocycles. The fraction of sp³-hybridized carbons (Fsp3) is 0.400. The van der Waals surface area contributed by atoms with E-state index in [1.165, 1.54) is 5.56 Å². The van der Waals surface area contributed by atoms with E-state index in [0.29, 0.717) is 6.54 Å². The molecule has 0 saturated carbocycles. The summed E-state index contributed by atoms with van der Waals surface area (Å²) in [6.07, 6.45) is 0. The summed E-state index contributed by atoms with van der Waals surface area (Å²) in [5, 5.41) is 14.8. The van der Waals surface area contributed by atoms with Gasteiger partial charge in [0.15, 0.2) is 11.8 Å². The van der Waals surface area contributed by atoms with Gasteiger partial charge in [0.1, 0.15) is 5.82 Å². The van der Waals surface area contributed by atoms with E-state index in [4.69, 9.17) is 0 Å². The lowest BCUT2D eigenvalue weighted by Gasteiger charge is -2.18. The third-order valence-electron chi connectivity index (χ3n) is 3.47. The molecule has 22 heavy (non-hydrogen) atoms. The topological polar surface area (TPSA) is 67.1 Å². The highest BCUT2D eigenvalue weighted by molar-refractivity contribution is 14.0. The second-order valence-electron chi connectivity index (χ2n) is 4.92. The first-order valence-corrected chi connectivity index (χ1v) is 6.98. The first kappa shape index (κ1) is 18.4. The van der Waals surface area contributed by atoms with Gasteiger partial charge in [0.2, 0.25) is 0 Å². The van der Waals surface area contributed by atoms with Crippen LogP contribution in [-0.4, -0.2) is 27.8 Å². The monoisotopic (exact) mass is 414 g/mol. The number of aliphatic imine (C=N–C) groups is 1. The second-order valence-corrected chi connectivity index (χ2v) is 4.92. The van der Waals surface area contributed by atoms with Crippen molar-refractivity contribution in [1.29, 1.82) is 0 Å². The van der Waals surface area contributed by atoms with Gasteiger partial charge in [0, 0.05) is 14.1 Å². The Morgan fingerprint density at radius 1 is 1.27 bits per heavy atom. The van der Waals surface area contributed by atoms with Crippen LogP contribution in [0.1, 0.15) is 30.2 Å². The number of halogens is 1. The van der Waals surface area contributed by atoms with Crippen molar-refractivity contribution in [2.45, 2.75) is 26.4 Å². The van der Waals surface area contributed by atoms with E-state index >= 15 is 0 Å². The molecule has 1 unspecified atom stereocenters. The van der Waals surface area contributed by atoms with Crippen LogP contribution in [0.4, 0.5) is 0 Å². The molecule has 7 heteroatoms. The number of nitrogens with one attached hydrogen (secondary N) is 2. The number of benzene rings is 1. The van der Waals surface area contributed by atoms with Crippen molar-refractivity contribution >= 4 is 29.9 Å². The summed E-state index contributed by atoms with van der Waals surface area (Å²) in [6, 6.07) is 10.4. The van der Waals surface area contributed by atoms with Crippen LogP contribution in [0.5, 0.6) is 0 Å². The predicted octanol–water partition coefficient (Wildman–Crippen LogP) is 2.17. The van der Waals surface area contributed by atoms with Gasteiger partial charge in [-0.1, -0.05) is 30.3 Å². The van der Waals surface area contributed by atoms with E-state index < -0.39 is 0 Å². The zero-order valence-corrected chi connectivity index (χ0v) is 15.7. The van der Waals surface area contributed by atoms with Crippen molar-refractivity contribution in [1.82, 2.24) is 25.4 Å². The van der Waals surface area contributed by atoms with Crippen LogP contribution < -0.4 is 10.6 Å². The van der Waals surface area contributed by atoms with Crippen LogP contribution in [0, 0.1) is 6.92 Å². The van der Waals surface area contributed by atoms with Gasteiger partial charge in [0.05, 0.1) is 12.6 Å². The molecule has 0 amide bonds. The SMILES string of the molecule is CN=C(NCc1nnc(C)n1C)NC(C)c1ccccc1.I. The summed E-state index contributed by atoms with van der Waals surface area (Å²) in [5.74, 6) is 2.52. The number of rotatable bonds is 4. The molecule has 0 aliphatic rings. The molecule has 0 bridgehead atoms. The molecular formula is C15H23IN6. The molecule has 120 valence electrons. The van der Waals surface area contributed by atoms with Gasteiger partial charge in [-0.25, -0.2) is 0 Å². The number of nitrogens with zero attached hydrogens (tertiary/aromatic N) is 4. The van der Waals surface area contributed by atoms with Crippen molar-refractivity contribution in [2.24, 2.45) is 12.0 Å². The normalized spacial score (nSPS) is 12.5. The molecule has 1 heterocycles. The van der Waals surface area contributed by atoms with Crippen molar-refractivity contribution in [3.63, 3.8) is 0 Å². The Bertz CT molecular complexity index is 608. The predicted molar refractivity (Wildman–Crippen MR) is 99.3 cm³/mol. The number of hydrogen-bond acceptors (Lipinski definition) is 3. The minimum Gasteiger partial charge on any atom is -0.350 e. The smallest absolute Gasteiger partial charge is 0.191 e. The lowest BCUT2D eigenvalue weighted by molar-refractivity contribution is 0.667. The molecule has 6 nitrogen and oxygen atoms in total. The van der Waals surface area contributed by atoms with Crippen LogP contribution in [-0.2, 0) is 13.6 Å². The Kier molecular flexibility index (Phi) is 7.30. The highest BCUT2D eigenvalue weighted by atomic mass is 127. The van der Waals surface area contributed by atoms with Crippen LogP contribution >= 0.6 is 24.0 Å².